The van der Waals surface area contributed by atoms with E-state index in [4.69, 9.17) is 0 Å². The van der Waals surface area contributed by atoms with Gasteiger partial charge in [0.25, 0.3) is 5.69 Å². The number of quaternary nitrogens is 1. The predicted molar refractivity (Wildman–Crippen MR) is 56.7 cm³/mol. The molecular weight excluding hydrogens is 192 g/mol. The summed E-state index contributed by atoms with van der Waals surface area (Å²) in [7, 11) is 0. The SMILES string of the molecule is O=[N+]([O-])c1ccc(C[NH+]2CCCC2)cc1. The van der Waals surface area contributed by atoms with Crippen LogP contribution in [0.1, 0.15) is 18.4 Å². The van der Waals surface area contributed by atoms with E-state index in [-0.39, 0.29) is 10.6 Å². The van der Waals surface area contributed by atoms with Gasteiger partial charge in [0.1, 0.15) is 6.54 Å². The van der Waals surface area contributed by atoms with E-state index in [2.05, 4.69) is 0 Å². The van der Waals surface area contributed by atoms with Gasteiger partial charge in [-0.05, 0) is 12.1 Å². The highest BCUT2D eigenvalue weighted by molar-refractivity contribution is 5.32. The molecule has 1 heterocycles. The number of nitrogens with one attached hydrogen (secondary N) is 1. The smallest absolute Gasteiger partial charge is 0.269 e. The van der Waals surface area contributed by atoms with Crippen LogP contribution in [0.15, 0.2) is 24.3 Å². The molecule has 0 aliphatic carbocycles. The second-order valence-electron chi connectivity index (χ2n) is 4.06. The number of hydrogen-bond donors (Lipinski definition) is 1. The molecule has 0 spiro atoms. The summed E-state index contributed by atoms with van der Waals surface area (Å²) in [5.74, 6) is 0. The fourth-order valence-corrected chi connectivity index (χ4v) is 2.08. The van der Waals surface area contributed by atoms with Crippen LogP contribution in [0.3, 0.4) is 0 Å². The van der Waals surface area contributed by atoms with E-state index in [1.165, 1.54) is 31.5 Å². The monoisotopic (exact) mass is 207 g/mol. The lowest BCUT2D eigenvalue weighted by molar-refractivity contribution is -0.901. The number of non-ortho nitro benzene ring substituents is 1. The Bertz CT molecular complexity index is 342. The fraction of sp³-hybridized carbons (Fsp3) is 0.455. The van der Waals surface area contributed by atoms with Gasteiger partial charge in [0.15, 0.2) is 0 Å². The summed E-state index contributed by atoms with van der Waals surface area (Å²) in [6, 6.07) is 6.91. The Morgan fingerprint density at radius 3 is 2.33 bits per heavy atom. The fourth-order valence-electron chi connectivity index (χ4n) is 2.08. The Morgan fingerprint density at radius 1 is 1.20 bits per heavy atom. The number of likely N-dealkylation sites (tertiary alicyclic amines) is 1. The third kappa shape index (κ3) is 2.53. The van der Waals surface area contributed by atoms with Crippen molar-refractivity contribution in [3.8, 4) is 0 Å². The molecule has 0 aromatic heterocycles. The van der Waals surface area contributed by atoms with Gasteiger partial charge in [-0.3, -0.25) is 10.1 Å². The standard InChI is InChI=1S/C11H14N2O2/c14-13(15)11-5-3-10(4-6-11)9-12-7-1-2-8-12/h3-6H,1-2,7-9H2/p+1. The van der Waals surface area contributed by atoms with Gasteiger partial charge in [-0.2, -0.15) is 0 Å². The molecule has 0 unspecified atom stereocenters. The quantitative estimate of drug-likeness (QED) is 0.588. The molecule has 2 rings (SSSR count). The lowest BCUT2D eigenvalue weighted by Crippen LogP contribution is -3.08. The van der Waals surface area contributed by atoms with Crippen molar-refractivity contribution in [2.45, 2.75) is 19.4 Å². The molecule has 0 amide bonds. The maximum atomic E-state index is 10.5. The summed E-state index contributed by atoms with van der Waals surface area (Å²) in [5, 5.41) is 10.5. The van der Waals surface area contributed by atoms with Crippen molar-refractivity contribution in [1.82, 2.24) is 0 Å². The molecule has 1 aromatic rings. The van der Waals surface area contributed by atoms with E-state index < -0.39 is 0 Å². The van der Waals surface area contributed by atoms with E-state index in [0.717, 1.165) is 6.54 Å². The lowest BCUT2D eigenvalue weighted by Gasteiger charge is -2.11. The minimum atomic E-state index is -0.355. The first-order chi connectivity index (χ1) is 7.25. The van der Waals surface area contributed by atoms with E-state index >= 15 is 0 Å². The van der Waals surface area contributed by atoms with Gasteiger partial charge in [0, 0.05) is 30.5 Å². The first-order valence-electron chi connectivity index (χ1n) is 5.32. The molecule has 80 valence electrons. The Hall–Kier alpha value is -1.42. The number of nitro groups is 1. The largest absolute Gasteiger partial charge is 0.331 e. The van der Waals surface area contributed by atoms with Crippen LogP contribution in [0.25, 0.3) is 0 Å². The average molecular weight is 207 g/mol. The molecule has 0 saturated carbocycles. The summed E-state index contributed by atoms with van der Waals surface area (Å²) in [6.45, 7) is 3.46. The first-order valence-corrected chi connectivity index (χ1v) is 5.32. The molecule has 1 saturated heterocycles. The molecule has 1 fully saturated rings. The third-order valence-electron chi connectivity index (χ3n) is 2.91. The number of rotatable bonds is 3. The summed E-state index contributed by atoms with van der Waals surface area (Å²) in [4.78, 5) is 11.7. The zero-order valence-corrected chi connectivity index (χ0v) is 8.61. The number of hydrogen-bond acceptors (Lipinski definition) is 2. The molecule has 0 bridgehead atoms. The Kier molecular flexibility index (Phi) is 2.97. The van der Waals surface area contributed by atoms with Gasteiger partial charge in [-0.15, -0.1) is 0 Å². The number of benzene rings is 1. The maximum Gasteiger partial charge on any atom is 0.269 e. The average Bonchev–Trinajstić information content (AvgIpc) is 2.71. The Labute approximate surface area is 88.7 Å². The van der Waals surface area contributed by atoms with E-state index in [1.807, 2.05) is 12.1 Å². The Morgan fingerprint density at radius 2 is 1.80 bits per heavy atom. The van der Waals surface area contributed by atoms with Crippen LogP contribution in [0.2, 0.25) is 0 Å². The molecule has 4 nitrogen and oxygen atoms in total. The summed E-state index contributed by atoms with van der Waals surface area (Å²) in [5.41, 5.74) is 1.37. The zero-order valence-electron chi connectivity index (χ0n) is 8.61. The molecule has 1 aliphatic rings. The van der Waals surface area contributed by atoms with Gasteiger partial charge >= 0.3 is 0 Å². The number of nitrogens with zero attached hydrogens (tertiary/aromatic N) is 1. The van der Waals surface area contributed by atoms with Crippen molar-refractivity contribution in [3.63, 3.8) is 0 Å². The first kappa shape index (κ1) is 10.1. The van der Waals surface area contributed by atoms with Gasteiger partial charge in [-0.25, -0.2) is 0 Å². The Balaban J connectivity index is 2.00. The highest BCUT2D eigenvalue weighted by Gasteiger charge is 2.15. The van der Waals surface area contributed by atoms with Crippen molar-refractivity contribution in [3.05, 3.63) is 39.9 Å². The minimum absolute atomic E-state index is 0.176. The molecule has 15 heavy (non-hydrogen) atoms. The minimum Gasteiger partial charge on any atom is -0.331 e. The van der Waals surface area contributed by atoms with Crippen molar-refractivity contribution < 1.29 is 9.82 Å². The third-order valence-corrected chi connectivity index (χ3v) is 2.91. The molecule has 1 aliphatic heterocycles. The summed E-state index contributed by atoms with van der Waals surface area (Å²) >= 11 is 0. The van der Waals surface area contributed by atoms with Gasteiger partial charge in [0.2, 0.25) is 0 Å². The summed E-state index contributed by atoms with van der Waals surface area (Å²) in [6.07, 6.45) is 2.62. The molecule has 4 heteroatoms. The highest BCUT2D eigenvalue weighted by Crippen LogP contribution is 2.11. The molecule has 0 radical (unpaired) electrons. The number of nitro benzene ring substituents is 1. The predicted octanol–water partition coefficient (Wildman–Crippen LogP) is 0.773. The van der Waals surface area contributed by atoms with Crippen molar-refractivity contribution in [2.24, 2.45) is 0 Å². The highest BCUT2D eigenvalue weighted by atomic mass is 16.6. The molecular formula is C11H15N2O2+. The van der Waals surface area contributed by atoms with Crippen LogP contribution in [-0.2, 0) is 6.54 Å². The molecule has 1 N–H and O–H groups in total. The lowest BCUT2D eigenvalue weighted by atomic mass is 10.2. The van der Waals surface area contributed by atoms with Crippen molar-refractivity contribution in [1.29, 1.82) is 0 Å². The van der Waals surface area contributed by atoms with Crippen LogP contribution in [0, 0.1) is 10.1 Å². The van der Waals surface area contributed by atoms with E-state index in [1.54, 1.807) is 17.0 Å². The van der Waals surface area contributed by atoms with Crippen LogP contribution < -0.4 is 4.90 Å². The van der Waals surface area contributed by atoms with Gasteiger partial charge in [-0.1, -0.05) is 0 Å². The van der Waals surface area contributed by atoms with Crippen LogP contribution in [-0.4, -0.2) is 18.0 Å². The van der Waals surface area contributed by atoms with Crippen molar-refractivity contribution >= 4 is 5.69 Å². The van der Waals surface area contributed by atoms with E-state index in [9.17, 15) is 10.1 Å². The zero-order chi connectivity index (χ0) is 10.7. The van der Waals surface area contributed by atoms with Gasteiger partial charge in [0.05, 0.1) is 18.0 Å². The normalized spacial score (nSPS) is 16.8. The molecule has 0 atom stereocenters. The van der Waals surface area contributed by atoms with Crippen molar-refractivity contribution in [2.75, 3.05) is 13.1 Å². The maximum absolute atomic E-state index is 10.5. The topological polar surface area (TPSA) is 47.6 Å². The summed E-state index contributed by atoms with van der Waals surface area (Å²) < 4.78 is 0. The van der Waals surface area contributed by atoms with Gasteiger partial charge < -0.3 is 4.90 Å². The van der Waals surface area contributed by atoms with Crippen LogP contribution in [0.4, 0.5) is 5.69 Å². The van der Waals surface area contributed by atoms with E-state index in [0.29, 0.717) is 0 Å². The molecule has 1 aromatic carbocycles. The van der Waals surface area contributed by atoms with Crippen LogP contribution >= 0.6 is 0 Å². The second-order valence-corrected chi connectivity index (χ2v) is 4.06. The van der Waals surface area contributed by atoms with Crippen LogP contribution in [0.5, 0.6) is 0 Å². The second kappa shape index (κ2) is 4.40.